The molecule has 0 atom stereocenters. The first-order chi connectivity index (χ1) is 9.75. The molecule has 0 bridgehead atoms. The smallest absolute Gasteiger partial charge is 0.390 e. The van der Waals surface area contributed by atoms with Crippen LogP contribution in [0, 0.1) is 6.21 Å². The predicted octanol–water partition coefficient (Wildman–Crippen LogP) is 3.08. The Balaban J connectivity index is 0.00000132. The van der Waals surface area contributed by atoms with Crippen molar-refractivity contribution >= 4 is 39.6 Å². The summed E-state index contributed by atoms with van der Waals surface area (Å²) in [6.07, 6.45) is 5.20. The monoisotopic (exact) mass is 337 g/mol. The van der Waals surface area contributed by atoms with Gasteiger partial charge in [0, 0.05) is 16.3 Å². The zero-order valence-electron chi connectivity index (χ0n) is 10.9. The van der Waals surface area contributed by atoms with Crippen LogP contribution >= 0.6 is 34.7 Å². The molecular formula is C15H12ClNO2S2. The summed E-state index contributed by atoms with van der Waals surface area (Å²) in [5.74, 6) is 1.32. The van der Waals surface area contributed by atoms with Gasteiger partial charge in [-0.2, -0.15) is 0 Å². The van der Waals surface area contributed by atoms with Crippen LogP contribution in [0.1, 0.15) is 6.42 Å². The second kappa shape index (κ2) is 5.50. The van der Waals surface area contributed by atoms with Crippen LogP contribution in [0.25, 0.3) is 15.3 Å². The second-order valence-electron chi connectivity index (χ2n) is 4.67. The Kier molecular flexibility index (Phi) is 3.84. The molecule has 0 saturated heterocycles. The van der Waals surface area contributed by atoms with E-state index in [0.717, 1.165) is 27.3 Å². The molecule has 0 spiro atoms. The number of halogens is 1. The summed E-state index contributed by atoms with van der Waals surface area (Å²) in [7, 11) is 0. The topological polar surface area (TPSA) is 56.1 Å². The molecule has 108 valence electrons. The third-order valence-electron chi connectivity index (χ3n) is 3.50. The van der Waals surface area contributed by atoms with Gasteiger partial charge in [-0.15, -0.1) is 16.0 Å². The second-order valence-corrected chi connectivity index (χ2v) is 7.10. The number of thiazole rings is 1. The van der Waals surface area contributed by atoms with Crippen molar-refractivity contribution in [1.82, 2.24) is 0 Å². The lowest BCUT2D eigenvalue weighted by Gasteiger charge is -1.98. The highest BCUT2D eigenvalue weighted by Gasteiger charge is 2.28. The first-order valence-electron chi connectivity index (χ1n) is 6.31. The normalized spacial score (nSPS) is 15.7. The fourth-order valence-electron chi connectivity index (χ4n) is 2.52. The van der Waals surface area contributed by atoms with Gasteiger partial charge in [0.25, 0.3) is 4.66 Å². The molecule has 6 heteroatoms. The number of aromatic hydroxyl groups is 1. The maximum absolute atomic E-state index is 10.5. The predicted molar refractivity (Wildman–Crippen MR) is 86.4 cm³/mol. The third-order valence-corrected chi connectivity index (χ3v) is 6.24. The van der Waals surface area contributed by atoms with E-state index >= 15 is 0 Å². The Labute approximate surface area is 134 Å². The molecule has 4 rings (SSSR count). The Bertz CT molecular complexity index is 870. The van der Waals surface area contributed by atoms with Gasteiger partial charge >= 0.3 is 5.88 Å². The number of aromatic nitrogens is 1. The van der Waals surface area contributed by atoms with E-state index in [9.17, 15) is 5.11 Å². The highest BCUT2D eigenvalue weighted by Crippen LogP contribution is 2.38. The van der Waals surface area contributed by atoms with Gasteiger partial charge in [-0.3, -0.25) is 0 Å². The molecule has 3 nitrogen and oxygen atoms in total. The van der Waals surface area contributed by atoms with Crippen molar-refractivity contribution in [2.24, 2.45) is 0 Å². The zero-order valence-corrected chi connectivity index (χ0v) is 13.3. The first kappa shape index (κ1) is 14.7. The van der Waals surface area contributed by atoms with E-state index in [1.807, 2.05) is 46.5 Å². The van der Waals surface area contributed by atoms with Crippen molar-refractivity contribution in [3.63, 3.8) is 0 Å². The minimum atomic E-state index is 0. The minimum Gasteiger partial charge on any atom is -0.870 e. The van der Waals surface area contributed by atoms with Gasteiger partial charge in [0.15, 0.2) is 11.1 Å². The molecule has 2 aliphatic rings. The maximum Gasteiger partial charge on any atom is 0.390 e. The summed E-state index contributed by atoms with van der Waals surface area (Å²) < 4.78 is 3.01. The van der Waals surface area contributed by atoms with Gasteiger partial charge in [-0.1, -0.05) is 47.2 Å². The lowest BCUT2D eigenvalue weighted by molar-refractivity contribution is -0.530. The molecule has 0 saturated carbocycles. The van der Waals surface area contributed by atoms with Crippen LogP contribution < -0.4 is 8.91 Å². The number of fused-ring (bicyclic) bond motifs is 2. The summed E-state index contributed by atoms with van der Waals surface area (Å²) >= 11 is 9.70. The van der Waals surface area contributed by atoms with Gasteiger partial charge in [-0.05, 0) is 11.6 Å². The zero-order chi connectivity index (χ0) is 13.7. The Hall–Kier alpha value is -1.27. The number of hydrogen-bond donors (Lipinski definition) is 1. The highest BCUT2D eigenvalue weighted by molar-refractivity contribution is 8.08. The standard InChI is InChI=1S/C15H10ClNOS2.H2O/c16-11-4-2-1-3-10(11)13-14(18)17-7-5-9-6-8-19-12(9)15(17)20-13;/h1-4,6-7H,5,8H2;1H2. The summed E-state index contributed by atoms with van der Waals surface area (Å²) in [6, 6.07) is 7.64. The summed E-state index contributed by atoms with van der Waals surface area (Å²) in [4.78, 5) is 2.13. The number of rotatable bonds is 1. The molecule has 2 aliphatic heterocycles. The first-order valence-corrected chi connectivity index (χ1v) is 8.49. The number of hydrogen-bond acceptors (Lipinski definition) is 4. The summed E-state index contributed by atoms with van der Waals surface area (Å²) in [6.45, 7) is 0. The number of benzene rings is 1. The van der Waals surface area contributed by atoms with E-state index in [2.05, 4.69) is 6.08 Å². The average Bonchev–Trinajstić information content (AvgIpc) is 3.04. The van der Waals surface area contributed by atoms with Crippen LogP contribution in [0.15, 0.2) is 35.9 Å². The van der Waals surface area contributed by atoms with Gasteiger partial charge in [0.05, 0.1) is 11.3 Å². The molecule has 1 aromatic heterocycles. The molecule has 0 radical (unpaired) electrons. The molecule has 0 aliphatic carbocycles. The van der Waals surface area contributed by atoms with Crippen LogP contribution in [0.3, 0.4) is 0 Å². The quantitative estimate of drug-likeness (QED) is 0.814. The van der Waals surface area contributed by atoms with E-state index < -0.39 is 0 Å². The molecule has 3 heterocycles. The molecule has 1 aromatic carbocycles. The molecule has 0 amide bonds. The number of nitrogens with zero attached hydrogens (tertiary/aromatic N) is 1. The SMILES string of the molecule is Oc1c(-c2ccccc2Cl)sc2[n+]1=CCC1=CCSC=21.[OH-]. The van der Waals surface area contributed by atoms with Crippen LogP contribution in [0.4, 0.5) is 0 Å². The van der Waals surface area contributed by atoms with E-state index in [1.54, 1.807) is 11.3 Å². The Morgan fingerprint density at radius 1 is 1.24 bits per heavy atom. The van der Waals surface area contributed by atoms with Crippen LogP contribution in [-0.4, -0.2) is 16.3 Å². The van der Waals surface area contributed by atoms with Gasteiger partial charge in [-0.25, -0.2) is 0 Å². The van der Waals surface area contributed by atoms with E-state index in [-0.39, 0.29) is 11.4 Å². The number of thioether (sulfide) groups is 1. The van der Waals surface area contributed by atoms with Crippen molar-refractivity contribution in [3.05, 3.63) is 51.8 Å². The third kappa shape index (κ3) is 2.21. The Morgan fingerprint density at radius 2 is 2.05 bits per heavy atom. The van der Waals surface area contributed by atoms with Gasteiger partial charge in [0.1, 0.15) is 0 Å². The van der Waals surface area contributed by atoms with Crippen LogP contribution in [0.2, 0.25) is 5.02 Å². The molecule has 21 heavy (non-hydrogen) atoms. The Morgan fingerprint density at radius 3 is 2.86 bits per heavy atom. The largest absolute Gasteiger partial charge is 0.870 e. The lowest BCUT2D eigenvalue weighted by Crippen LogP contribution is -2.36. The van der Waals surface area contributed by atoms with Crippen molar-refractivity contribution in [3.8, 4) is 16.3 Å². The van der Waals surface area contributed by atoms with E-state index in [4.69, 9.17) is 11.6 Å². The van der Waals surface area contributed by atoms with Crippen LogP contribution in [0.5, 0.6) is 5.88 Å². The van der Waals surface area contributed by atoms with Crippen molar-refractivity contribution in [2.45, 2.75) is 6.42 Å². The fourth-order valence-corrected chi connectivity index (χ4v) is 5.29. The van der Waals surface area contributed by atoms with E-state index in [0.29, 0.717) is 5.02 Å². The van der Waals surface area contributed by atoms with Crippen molar-refractivity contribution in [1.29, 1.82) is 0 Å². The van der Waals surface area contributed by atoms with E-state index in [1.165, 1.54) is 10.5 Å². The lowest BCUT2D eigenvalue weighted by atomic mass is 10.1. The fraction of sp³-hybridized carbons (Fsp3) is 0.133. The maximum atomic E-state index is 10.5. The molecule has 2 aromatic rings. The average molecular weight is 338 g/mol. The molecule has 2 N–H and O–H groups in total. The van der Waals surface area contributed by atoms with Gasteiger partial charge in [0.2, 0.25) is 0 Å². The van der Waals surface area contributed by atoms with Crippen LogP contribution in [-0.2, 0) is 0 Å². The summed E-state index contributed by atoms with van der Waals surface area (Å²) in [5.41, 5.74) is 2.27. The molecular weight excluding hydrogens is 326 g/mol. The minimum absolute atomic E-state index is 0. The summed E-state index contributed by atoms with van der Waals surface area (Å²) in [5, 5.41) is 11.2. The highest BCUT2D eigenvalue weighted by atomic mass is 35.5. The molecule has 0 unspecified atom stereocenters. The van der Waals surface area contributed by atoms with Crippen molar-refractivity contribution < 1.29 is 14.8 Å². The van der Waals surface area contributed by atoms with Crippen molar-refractivity contribution in [2.75, 3.05) is 5.75 Å². The van der Waals surface area contributed by atoms with Gasteiger partial charge < -0.3 is 10.6 Å². The molecule has 0 fully saturated rings.